The minimum atomic E-state index is -0.674. The van der Waals surface area contributed by atoms with Crippen LogP contribution in [0.5, 0.6) is 0 Å². The molecule has 1 aliphatic carbocycles. The van der Waals surface area contributed by atoms with E-state index in [1.165, 1.54) is 4.90 Å². The second kappa shape index (κ2) is 12.9. The zero-order valence-electron chi connectivity index (χ0n) is 22.9. The lowest BCUT2D eigenvalue weighted by Crippen LogP contribution is -2.49. The Morgan fingerprint density at radius 2 is 1.53 bits per heavy atom. The first-order chi connectivity index (χ1) is 16.8. The lowest BCUT2D eigenvalue weighted by Gasteiger charge is -2.38. The van der Waals surface area contributed by atoms with Crippen LogP contribution in [0, 0.1) is 5.92 Å². The van der Waals surface area contributed by atoms with E-state index in [9.17, 15) is 14.4 Å². The molecule has 0 radical (unpaired) electrons. The molecule has 0 bridgehead atoms. The second-order valence-electron chi connectivity index (χ2n) is 11.2. The SMILES string of the molecule is CCOC(=O)CC1CCC(N(CCN(C(=O)OC(C)(C)C)c2ccccn2)C(=O)OC(C)(C)C)CC1. The first-order valence-electron chi connectivity index (χ1n) is 12.9. The molecule has 0 aromatic carbocycles. The summed E-state index contributed by atoms with van der Waals surface area (Å²) in [4.78, 5) is 45.7. The predicted molar refractivity (Wildman–Crippen MR) is 138 cm³/mol. The summed E-state index contributed by atoms with van der Waals surface area (Å²) in [5.41, 5.74) is -1.32. The van der Waals surface area contributed by atoms with E-state index in [0.29, 0.717) is 18.8 Å². The normalized spacial score (nSPS) is 18.2. The number of hydrogen-bond donors (Lipinski definition) is 0. The first-order valence-corrected chi connectivity index (χ1v) is 12.9. The highest BCUT2D eigenvalue weighted by Gasteiger charge is 2.34. The van der Waals surface area contributed by atoms with Crippen LogP contribution in [0.25, 0.3) is 0 Å². The van der Waals surface area contributed by atoms with Crippen molar-refractivity contribution in [3.05, 3.63) is 24.4 Å². The molecule has 9 heteroatoms. The molecule has 2 amide bonds. The Kier molecular flexibility index (Phi) is 10.5. The van der Waals surface area contributed by atoms with Crippen LogP contribution in [0.15, 0.2) is 24.4 Å². The maximum absolute atomic E-state index is 13.2. The zero-order chi connectivity index (χ0) is 26.9. The van der Waals surface area contributed by atoms with Gasteiger partial charge in [-0.15, -0.1) is 0 Å². The number of ether oxygens (including phenoxy) is 3. The van der Waals surface area contributed by atoms with Gasteiger partial charge in [0.2, 0.25) is 0 Å². The van der Waals surface area contributed by atoms with Gasteiger partial charge in [-0.25, -0.2) is 14.6 Å². The lowest BCUT2D eigenvalue weighted by atomic mass is 9.83. The van der Waals surface area contributed by atoms with Crippen LogP contribution < -0.4 is 4.90 Å². The van der Waals surface area contributed by atoms with Gasteiger partial charge in [0.1, 0.15) is 17.0 Å². The third kappa shape index (κ3) is 10.0. The summed E-state index contributed by atoms with van der Waals surface area (Å²) < 4.78 is 16.4. The van der Waals surface area contributed by atoms with Crippen LogP contribution in [0.4, 0.5) is 15.4 Å². The fourth-order valence-electron chi connectivity index (χ4n) is 4.20. The molecule has 0 saturated heterocycles. The van der Waals surface area contributed by atoms with Crippen molar-refractivity contribution in [2.75, 3.05) is 24.6 Å². The molecular formula is C27H43N3O6. The number of esters is 1. The average molecular weight is 506 g/mol. The van der Waals surface area contributed by atoms with Gasteiger partial charge in [0.05, 0.1) is 6.61 Å². The number of rotatable bonds is 8. The number of aromatic nitrogens is 1. The molecule has 1 aliphatic rings. The van der Waals surface area contributed by atoms with Gasteiger partial charge in [-0.05, 0) is 92.2 Å². The van der Waals surface area contributed by atoms with Gasteiger partial charge in [-0.3, -0.25) is 9.69 Å². The van der Waals surface area contributed by atoms with Crippen molar-refractivity contribution in [1.29, 1.82) is 0 Å². The van der Waals surface area contributed by atoms with E-state index in [1.54, 1.807) is 36.2 Å². The zero-order valence-corrected chi connectivity index (χ0v) is 22.9. The fourth-order valence-corrected chi connectivity index (χ4v) is 4.20. The molecule has 0 aliphatic heterocycles. The number of hydrogen-bond acceptors (Lipinski definition) is 7. The molecule has 202 valence electrons. The molecule has 0 unspecified atom stereocenters. The minimum Gasteiger partial charge on any atom is -0.466 e. The summed E-state index contributed by atoms with van der Waals surface area (Å²) in [6, 6.07) is 5.26. The average Bonchev–Trinajstić information content (AvgIpc) is 2.76. The third-order valence-corrected chi connectivity index (χ3v) is 5.75. The molecule has 2 rings (SSSR count). The van der Waals surface area contributed by atoms with E-state index in [2.05, 4.69) is 4.98 Å². The van der Waals surface area contributed by atoms with Crippen molar-refractivity contribution >= 4 is 24.0 Å². The number of pyridine rings is 1. The topological polar surface area (TPSA) is 98.3 Å². The molecular weight excluding hydrogens is 462 g/mol. The minimum absolute atomic E-state index is 0.0532. The van der Waals surface area contributed by atoms with Crippen molar-refractivity contribution in [3.8, 4) is 0 Å². The Hall–Kier alpha value is -2.84. The van der Waals surface area contributed by atoms with E-state index in [-0.39, 0.29) is 31.0 Å². The van der Waals surface area contributed by atoms with Gasteiger partial charge in [-0.1, -0.05) is 6.07 Å². The van der Waals surface area contributed by atoms with E-state index >= 15 is 0 Å². The van der Waals surface area contributed by atoms with Crippen LogP contribution >= 0.6 is 0 Å². The number of anilines is 1. The molecule has 1 saturated carbocycles. The molecule has 1 heterocycles. The Bertz CT molecular complexity index is 855. The third-order valence-electron chi connectivity index (χ3n) is 5.75. The molecule has 1 aromatic rings. The van der Waals surface area contributed by atoms with Crippen molar-refractivity contribution in [2.24, 2.45) is 5.92 Å². The van der Waals surface area contributed by atoms with Gasteiger partial charge < -0.3 is 19.1 Å². The smallest absolute Gasteiger partial charge is 0.416 e. The quantitative estimate of drug-likeness (QED) is 0.336. The number of carbonyl (C=O) groups excluding carboxylic acids is 3. The standard InChI is InChI=1S/C27H43N3O6/c1-8-34-23(31)19-20-12-14-21(15-13-20)29(24(32)35-26(2,3)4)17-18-30(22-11-9-10-16-28-22)25(33)36-27(5,6)7/h9-11,16,20-21H,8,12-15,17-19H2,1-7H3. The van der Waals surface area contributed by atoms with Gasteiger partial charge in [0, 0.05) is 31.7 Å². The molecule has 0 atom stereocenters. The number of amides is 2. The van der Waals surface area contributed by atoms with Crippen molar-refractivity contribution < 1.29 is 28.6 Å². The second-order valence-corrected chi connectivity index (χ2v) is 11.2. The lowest BCUT2D eigenvalue weighted by molar-refractivity contribution is -0.144. The van der Waals surface area contributed by atoms with E-state index in [0.717, 1.165) is 25.7 Å². The Morgan fingerprint density at radius 3 is 2.06 bits per heavy atom. The summed E-state index contributed by atoms with van der Waals surface area (Å²) in [6.45, 7) is 13.6. The Morgan fingerprint density at radius 1 is 0.917 bits per heavy atom. The summed E-state index contributed by atoms with van der Waals surface area (Å²) in [7, 11) is 0. The monoisotopic (exact) mass is 505 g/mol. The summed E-state index contributed by atoms with van der Waals surface area (Å²) in [5.74, 6) is 0.523. The van der Waals surface area contributed by atoms with Gasteiger partial charge in [0.25, 0.3) is 0 Å². The highest BCUT2D eigenvalue weighted by Crippen LogP contribution is 2.31. The largest absolute Gasteiger partial charge is 0.466 e. The molecule has 0 spiro atoms. The maximum Gasteiger partial charge on any atom is 0.416 e. The van der Waals surface area contributed by atoms with Crippen LogP contribution in [-0.4, -0.2) is 65.0 Å². The van der Waals surface area contributed by atoms with E-state index in [4.69, 9.17) is 14.2 Å². The molecule has 36 heavy (non-hydrogen) atoms. The maximum atomic E-state index is 13.2. The molecule has 0 N–H and O–H groups in total. The van der Waals surface area contributed by atoms with E-state index < -0.39 is 23.4 Å². The summed E-state index contributed by atoms with van der Waals surface area (Å²) >= 11 is 0. The summed E-state index contributed by atoms with van der Waals surface area (Å²) in [5, 5.41) is 0. The van der Waals surface area contributed by atoms with Crippen molar-refractivity contribution in [1.82, 2.24) is 9.88 Å². The fraction of sp³-hybridized carbons (Fsp3) is 0.704. The Balaban J connectivity index is 2.16. The van der Waals surface area contributed by atoms with E-state index in [1.807, 2.05) is 41.5 Å². The molecule has 1 fully saturated rings. The number of carbonyl (C=O) groups is 3. The van der Waals surface area contributed by atoms with Gasteiger partial charge in [-0.2, -0.15) is 0 Å². The molecule has 9 nitrogen and oxygen atoms in total. The van der Waals surface area contributed by atoms with Crippen LogP contribution in [-0.2, 0) is 19.0 Å². The summed E-state index contributed by atoms with van der Waals surface area (Å²) in [6.07, 6.45) is 4.21. The van der Waals surface area contributed by atoms with Crippen LogP contribution in [0.2, 0.25) is 0 Å². The van der Waals surface area contributed by atoms with Gasteiger partial charge >= 0.3 is 18.2 Å². The van der Waals surface area contributed by atoms with Crippen molar-refractivity contribution in [3.63, 3.8) is 0 Å². The van der Waals surface area contributed by atoms with Crippen LogP contribution in [0.1, 0.15) is 80.6 Å². The molecule has 1 aromatic heterocycles. The highest BCUT2D eigenvalue weighted by atomic mass is 16.6. The predicted octanol–water partition coefficient (Wildman–Crippen LogP) is 5.57. The first kappa shape index (κ1) is 29.4. The van der Waals surface area contributed by atoms with Gasteiger partial charge in [0.15, 0.2) is 0 Å². The number of nitrogens with zero attached hydrogens (tertiary/aromatic N) is 3. The highest BCUT2D eigenvalue weighted by molar-refractivity contribution is 5.86. The van der Waals surface area contributed by atoms with Crippen LogP contribution in [0.3, 0.4) is 0 Å². The Labute approximate surface area is 215 Å². The van der Waals surface area contributed by atoms with Crippen molar-refractivity contribution in [2.45, 2.75) is 97.8 Å².